The number of rotatable bonds is 6. The van der Waals surface area contributed by atoms with Gasteiger partial charge >= 0.3 is 6.03 Å². The number of amides is 3. The number of aldehydes is 1. The van der Waals surface area contributed by atoms with Crippen LogP contribution in [0.3, 0.4) is 0 Å². The lowest BCUT2D eigenvalue weighted by Gasteiger charge is -2.44. The van der Waals surface area contributed by atoms with E-state index < -0.39 is 41.2 Å². The van der Waals surface area contributed by atoms with Gasteiger partial charge in [-0.05, 0) is 37.3 Å². The highest BCUT2D eigenvalue weighted by Crippen LogP contribution is 2.33. The SMILES string of the molecule is CN(CCN1C(=O)N(c2c(F)cc(C#Cc3ccccc3)cc2F)C(=O)CC1(C)C=O)c1ccnnc1. The number of hydrogen-bond donors (Lipinski definition) is 0. The molecule has 188 valence electrons. The maximum Gasteiger partial charge on any atom is 0.332 e. The van der Waals surface area contributed by atoms with Crippen LogP contribution < -0.4 is 9.80 Å². The molecular formula is C27H23F2N5O3. The first-order valence-electron chi connectivity index (χ1n) is 11.4. The van der Waals surface area contributed by atoms with E-state index in [9.17, 15) is 14.4 Å². The van der Waals surface area contributed by atoms with Gasteiger partial charge in [0.15, 0.2) is 11.6 Å². The molecule has 2 aromatic carbocycles. The lowest BCUT2D eigenvalue weighted by atomic mass is 9.93. The zero-order chi connectivity index (χ0) is 26.6. The van der Waals surface area contributed by atoms with Crippen LogP contribution >= 0.6 is 0 Å². The van der Waals surface area contributed by atoms with E-state index in [1.807, 2.05) is 6.07 Å². The van der Waals surface area contributed by atoms with Gasteiger partial charge in [0.1, 0.15) is 17.5 Å². The molecule has 8 nitrogen and oxygen atoms in total. The van der Waals surface area contributed by atoms with E-state index in [1.54, 1.807) is 42.3 Å². The van der Waals surface area contributed by atoms with Gasteiger partial charge in [-0.1, -0.05) is 30.0 Å². The molecule has 10 heteroatoms. The summed E-state index contributed by atoms with van der Waals surface area (Å²) in [5.41, 5.74) is -0.864. The van der Waals surface area contributed by atoms with Crippen molar-refractivity contribution >= 4 is 29.6 Å². The minimum absolute atomic E-state index is 0.000545. The van der Waals surface area contributed by atoms with Crippen LogP contribution in [0.25, 0.3) is 0 Å². The fraction of sp³-hybridized carbons (Fsp3) is 0.222. The van der Waals surface area contributed by atoms with Crippen molar-refractivity contribution in [2.24, 2.45) is 0 Å². The van der Waals surface area contributed by atoms with Crippen molar-refractivity contribution in [1.29, 1.82) is 0 Å². The van der Waals surface area contributed by atoms with E-state index in [4.69, 9.17) is 0 Å². The zero-order valence-electron chi connectivity index (χ0n) is 20.2. The second-order valence-corrected chi connectivity index (χ2v) is 8.74. The molecule has 3 amide bonds. The third-order valence-corrected chi connectivity index (χ3v) is 6.09. The summed E-state index contributed by atoms with van der Waals surface area (Å²) in [5.74, 6) is 2.37. The number of carbonyl (C=O) groups excluding carboxylic acids is 3. The number of carbonyl (C=O) groups is 3. The Morgan fingerprint density at radius 1 is 1.05 bits per heavy atom. The van der Waals surface area contributed by atoms with Crippen LogP contribution in [0.4, 0.5) is 25.0 Å². The molecule has 1 aliphatic rings. The maximum atomic E-state index is 15.1. The average Bonchev–Trinajstić information content (AvgIpc) is 2.89. The molecular weight excluding hydrogens is 480 g/mol. The third kappa shape index (κ3) is 5.30. The van der Waals surface area contributed by atoms with E-state index in [-0.39, 0.29) is 18.7 Å². The molecule has 2 heterocycles. The van der Waals surface area contributed by atoms with E-state index in [1.165, 1.54) is 19.3 Å². The van der Waals surface area contributed by atoms with Crippen LogP contribution in [0.2, 0.25) is 0 Å². The van der Waals surface area contributed by atoms with Crippen LogP contribution in [0.5, 0.6) is 0 Å². The van der Waals surface area contributed by atoms with Crippen molar-refractivity contribution in [3.05, 3.63) is 83.7 Å². The lowest BCUT2D eigenvalue weighted by molar-refractivity contribution is -0.128. The Hall–Kier alpha value is -4.65. The van der Waals surface area contributed by atoms with Crippen LogP contribution in [-0.2, 0) is 9.59 Å². The van der Waals surface area contributed by atoms with Gasteiger partial charge in [0, 0.05) is 31.3 Å². The standard InChI is InChI=1S/C27H23F2N5O3/c1-27(18-35)16-24(36)34(26(37)33(27)13-12-32(2)21-10-11-30-31-17-21)25-22(28)14-20(15-23(25)29)9-8-19-6-4-3-5-7-19/h3-7,10-11,14-15,17-18H,12-13,16H2,1-2H3. The topological polar surface area (TPSA) is 86.7 Å². The number of likely N-dealkylation sites (N-methyl/N-ethyl adjacent to an activating group) is 1. The molecule has 0 bridgehead atoms. The van der Waals surface area contributed by atoms with Crippen LogP contribution in [0.1, 0.15) is 24.5 Å². The summed E-state index contributed by atoms with van der Waals surface area (Å²) < 4.78 is 30.3. The Morgan fingerprint density at radius 3 is 2.35 bits per heavy atom. The second-order valence-electron chi connectivity index (χ2n) is 8.74. The Morgan fingerprint density at radius 2 is 1.73 bits per heavy atom. The molecule has 1 aliphatic heterocycles. The van der Waals surface area contributed by atoms with Crippen LogP contribution in [-0.4, -0.2) is 59.0 Å². The molecule has 37 heavy (non-hydrogen) atoms. The highest BCUT2D eigenvalue weighted by atomic mass is 19.1. The predicted molar refractivity (Wildman–Crippen MR) is 133 cm³/mol. The minimum Gasteiger partial charge on any atom is -0.371 e. The Balaban J connectivity index is 1.62. The predicted octanol–water partition coefficient (Wildman–Crippen LogP) is 3.41. The fourth-order valence-corrected chi connectivity index (χ4v) is 4.01. The van der Waals surface area contributed by atoms with Gasteiger partial charge in [-0.15, -0.1) is 0 Å². The van der Waals surface area contributed by atoms with E-state index in [0.29, 0.717) is 22.4 Å². The zero-order valence-corrected chi connectivity index (χ0v) is 20.2. The third-order valence-electron chi connectivity index (χ3n) is 6.09. The smallest absolute Gasteiger partial charge is 0.332 e. The molecule has 1 saturated heterocycles. The van der Waals surface area contributed by atoms with Crippen LogP contribution in [0.15, 0.2) is 60.9 Å². The van der Waals surface area contributed by atoms with Crippen molar-refractivity contribution in [3.8, 4) is 11.8 Å². The molecule has 1 aromatic heterocycles. The molecule has 4 rings (SSSR count). The van der Waals surface area contributed by atoms with Crippen molar-refractivity contribution in [1.82, 2.24) is 15.1 Å². The molecule has 0 saturated carbocycles. The Labute approximate surface area is 212 Å². The highest BCUT2D eigenvalue weighted by Gasteiger charge is 2.48. The summed E-state index contributed by atoms with van der Waals surface area (Å²) >= 11 is 0. The molecule has 0 radical (unpaired) electrons. The number of anilines is 2. The molecule has 1 unspecified atom stereocenters. The first-order chi connectivity index (χ1) is 17.7. The Kier molecular flexibility index (Phi) is 7.25. The number of benzene rings is 2. The number of imide groups is 1. The molecule has 0 N–H and O–H groups in total. The summed E-state index contributed by atoms with van der Waals surface area (Å²) in [6, 6.07) is 11.5. The first-order valence-corrected chi connectivity index (χ1v) is 11.4. The molecule has 1 atom stereocenters. The largest absolute Gasteiger partial charge is 0.371 e. The lowest BCUT2D eigenvalue weighted by Crippen LogP contribution is -2.65. The van der Waals surface area contributed by atoms with Crippen molar-refractivity contribution < 1.29 is 23.2 Å². The minimum atomic E-state index is -1.48. The van der Waals surface area contributed by atoms with Gasteiger partial charge in [-0.25, -0.2) is 18.5 Å². The molecule has 1 fully saturated rings. The summed E-state index contributed by atoms with van der Waals surface area (Å²) in [7, 11) is 1.75. The summed E-state index contributed by atoms with van der Waals surface area (Å²) in [6.45, 7) is 1.69. The van der Waals surface area contributed by atoms with Gasteiger partial charge < -0.3 is 14.6 Å². The molecule has 0 aliphatic carbocycles. The van der Waals surface area contributed by atoms with E-state index >= 15 is 8.78 Å². The first kappa shape index (κ1) is 25.4. The van der Waals surface area contributed by atoms with Crippen molar-refractivity contribution in [3.63, 3.8) is 0 Å². The monoisotopic (exact) mass is 503 g/mol. The Bertz CT molecular complexity index is 1370. The number of hydrogen-bond acceptors (Lipinski definition) is 6. The molecule has 0 spiro atoms. The normalized spacial score (nSPS) is 17.3. The average molecular weight is 504 g/mol. The number of aromatic nitrogens is 2. The maximum absolute atomic E-state index is 15.1. The van der Waals surface area contributed by atoms with E-state index in [0.717, 1.165) is 17.0 Å². The quantitative estimate of drug-likeness (QED) is 0.379. The summed E-state index contributed by atoms with van der Waals surface area (Å²) in [5, 5.41) is 7.52. The molecule has 3 aromatic rings. The number of halogens is 2. The van der Waals surface area contributed by atoms with Crippen molar-refractivity contribution in [2.75, 3.05) is 29.9 Å². The van der Waals surface area contributed by atoms with E-state index in [2.05, 4.69) is 22.0 Å². The number of nitrogens with zero attached hydrogens (tertiary/aromatic N) is 5. The van der Waals surface area contributed by atoms with Gasteiger partial charge in [-0.2, -0.15) is 10.2 Å². The van der Waals surface area contributed by atoms with Gasteiger partial charge in [-0.3, -0.25) is 4.79 Å². The van der Waals surface area contributed by atoms with Gasteiger partial charge in [0.25, 0.3) is 0 Å². The van der Waals surface area contributed by atoms with Crippen molar-refractivity contribution in [2.45, 2.75) is 18.9 Å². The van der Waals surface area contributed by atoms with Crippen LogP contribution in [0, 0.1) is 23.5 Å². The second kappa shape index (κ2) is 10.5. The van der Waals surface area contributed by atoms with Gasteiger partial charge in [0.05, 0.1) is 24.5 Å². The summed E-state index contributed by atoms with van der Waals surface area (Å²) in [4.78, 5) is 41.7. The fourth-order valence-electron chi connectivity index (χ4n) is 4.01. The number of urea groups is 1. The summed E-state index contributed by atoms with van der Waals surface area (Å²) in [6.07, 6.45) is 3.10. The highest BCUT2D eigenvalue weighted by molar-refractivity contribution is 6.18. The van der Waals surface area contributed by atoms with Gasteiger partial charge in [0.2, 0.25) is 5.91 Å².